The van der Waals surface area contributed by atoms with Crippen molar-refractivity contribution < 1.29 is 9.47 Å². The van der Waals surface area contributed by atoms with Crippen molar-refractivity contribution in [2.45, 2.75) is 13.8 Å². The van der Waals surface area contributed by atoms with E-state index >= 15 is 0 Å². The molecule has 92 valence electrons. The fourth-order valence-corrected chi connectivity index (χ4v) is 1.67. The Morgan fingerprint density at radius 2 is 1.22 bits per heavy atom. The molecule has 0 aliphatic carbocycles. The van der Waals surface area contributed by atoms with Crippen molar-refractivity contribution in [3.63, 3.8) is 0 Å². The minimum atomic E-state index is 0.713. The van der Waals surface area contributed by atoms with Crippen molar-refractivity contribution in [3.8, 4) is 11.5 Å². The fourth-order valence-electron chi connectivity index (χ4n) is 1.67. The molecular weight excluding hydrogens is 224 g/mol. The van der Waals surface area contributed by atoms with Crippen LogP contribution in [-0.2, 0) is 0 Å². The van der Waals surface area contributed by atoms with Crippen molar-refractivity contribution in [1.82, 2.24) is 0 Å². The van der Waals surface area contributed by atoms with E-state index in [1.165, 1.54) is 0 Å². The maximum absolute atomic E-state index is 5.55. The van der Waals surface area contributed by atoms with Gasteiger partial charge in [0.15, 0.2) is 11.5 Å². The highest BCUT2D eigenvalue weighted by atomic mass is 16.5. The number of ether oxygens (including phenoxy) is 2. The zero-order chi connectivity index (χ0) is 12.8. The molecule has 0 unspecified atom stereocenters. The molecule has 0 bridgehead atoms. The van der Waals surface area contributed by atoms with Crippen LogP contribution in [0.1, 0.15) is 13.8 Å². The zero-order valence-electron chi connectivity index (χ0n) is 10.6. The van der Waals surface area contributed by atoms with Gasteiger partial charge in [0.1, 0.15) is 0 Å². The van der Waals surface area contributed by atoms with Crippen LogP contribution in [0.3, 0.4) is 0 Å². The van der Waals surface area contributed by atoms with Gasteiger partial charge in [-0.05, 0) is 36.8 Å². The third-order valence-electron chi connectivity index (χ3n) is 2.47. The van der Waals surface area contributed by atoms with Gasteiger partial charge in [-0.15, -0.1) is 0 Å². The minimum absolute atomic E-state index is 0.713. The fraction of sp³-hybridized carbons (Fsp3) is 0.125. The highest BCUT2D eigenvalue weighted by Gasteiger charge is 2.06. The topological polar surface area (TPSA) is 18.5 Å². The first-order valence-electron chi connectivity index (χ1n) is 5.93. The predicted octanol–water partition coefficient (Wildman–Crippen LogP) is 4.66. The van der Waals surface area contributed by atoms with Gasteiger partial charge < -0.3 is 9.47 Å². The molecule has 0 saturated heterocycles. The second-order valence-electron chi connectivity index (χ2n) is 3.82. The van der Waals surface area contributed by atoms with E-state index < -0.39 is 0 Å². The van der Waals surface area contributed by atoms with Gasteiger partial charge in [-0.2, -0.15) is 0 Å². The number of rotatable bonds is 4. The van der Waals surface area contributed by atoms with Crippen molar-refractivity contribution in [1.29, 1.82) is 0 Å². The molecule has 2 aromatic carbocycles. The van der Waals surface area contributed by atoms with E-state index in [-0.39, 0.29) is 0 Å². The van der Waals surface area contributed by atoms with Crippen molar-refractivity contribution in [2.75, 3.05) is 0 Å². The van der Waals surface area contributed by atoms with E-state index in [4.69, 9.17) is 9.47 Å². The predicted molar refractivity (Wildman–Crippen MR) is 74.8 cm³/mol. The maximum atomic E-state index is 5.55. The Morgan fingerprint density at radius 1 is 0.778 bits per heavy atom. The monoisotopic (exact) mass is 240 g/mol. The molecule has 2 nitrogen and oxygen atoms in total. The first-order chi connectivity index (χ1) is 8.85. The van der Waals surface area contributed by atoms with Gasteiger partial charge in [-0.1, -0.05) is 36.4 Å². The zero-order valence-corrected chi connectivity index (χ0v) is 10.6. The van der Waals surface area contributed by atoms with Crippen LogP contribution in [0, 0.1) is 0 Å². The van der Waals surface area contributed by atoms with Crippen LogP contribution in [0.25, 0.3) is 10.8 Å². The standard InChI is InChI=1S/C16H16O2/c1-3-9-17-15-11-13-7-5-6-8-14(13)12-16(15)18-10-4-2/h3-12H,1-2H3/b9-3+,10-4+. The number of hydrogen-bond acceptors (Lipinski definition) is 2. The third kappa shape index (κ3) is 2.72. The SMILES string of the molecule is C/C=C/Oc1cc2ccccc2cc1O/C=C/C. The average molecular weight is 240 g/mol. The Bertz CT molecular complexity index is 530. The highest BCUT2D eigenvalue weighted by Crippen LogP contribution is 2.32. The molecular formula is C16H16O2. The lowest BCUT2D eigenvalue weighted by Gasteiger charge is -2.09. The Kier molecular flexibility index (Phi) is 4.02. The quantitative estimate of drug-likeness (QED) is 0.723. The molecule has 18 heavy (non-hydrogen) atoms. The normalized spacial score (nSPS) is 11.4. The van der Waals surface area contributed by atoms with Crippen LogP contribution in [0.5, 0.6) is 11.5 Å². The number of fused-ring (bicyclic) bond motifs is 1. The molecule has 2 rings (SSSR count). The second-order valence-corrected chi connectivity index (χ2v) is 3.82. The summed E-state index contributed by atoms with van der Waals surface area (Å²) >= 11 is 0. The number of allylic oxidation sites excluding steroid dienone is 2. The molecule has 0 radical (unpaired) electrons. The van der Waals surface area contributed by atoms with E-state index in [9.17, 15) is 0 Å². The summed E-state index contributed by atoms with van der Waals surface area (Å²) in [5.74, 6) is 1.43. The molecule has 0 saturated carbocycles. The van der Waals surface area contributed by atoms with Gasteiger partial charge in [0.2, 0.25) is 0 Å². The van der Waals surface area contributed by atoms with E-state index in [2.05, 4.69) is 12.1 Å². The minimum Gasteiger partial charge on any atom is -0.461 e. The lowest BCUT2D eigenvalue weighted by molar-refractivity contribution is 0.417. The lowest BCUT2D eigenvalue weighted by atomic mass is 10.1. The van der Waals surface area contributed by atoms with Crippen molar-refractivity contribution in [2.24, 2.45) is 0 Å². The molecule has 0 aliphatic heterocycles. The van der Waals surface area contributed by atoms with E-state index in [1.807, 2.05) is 50.3 Å². The largest absolute Gasteiger partial charge is 0.461 e. The highest BCUT2D eigenvalue weighted by molar-refractivity contribution is 5.86. The van der Waals surface area contributed by atoms with Crippen LogP contribution in [-0.4, -0.2) is 0 Å². The molecule has 2 heteroatoms. The van der Waals surface area contributed by atoms with Crippen LogP contribution >= 0.6 is 0 Å². The van der Waals surface area contributed by atoms with Crippen LogP contribution < -0.4 is 9.47 Å². The summed E-state index contributed by atoms with van der Waals surface area (Å²) < 4.78 is 11.1. The van der Waals surface area contributed by atoms with Crippen molar-refractivity contribution >= 4 is 10.8 Å². The molecule has 0 amide bonds. The van der Waals surface area contributed by atoms with Gasteiger partial charge in [0, 0.05) is 0 Å². The molecule has 0 aromatic heterocycles. The van der Waals surface area contributed by atoms with E-state index in [1.54, 1.807) is 12.5 Å². The third-order valence-corrected chi connectivity index (χ3v) is 2.47. The first-order valence-corrected chi connectivity index (χ1v) is 5.93. The Hall–Kier alpha value is -2.22. The second kappa shape index (κ2) is 5.92. The summed E-state index contributed by atoms with van der Waals surface area (Å²) in [5, 5.41) is 2.26. The summed E-state index contributed by atoms with van der Waals surface area (Å²) in [6, 6.07) is 12.1. The summed E-state index contributed by atoms with van der Waals surface area (Å²) in [5.41, 5.74) is 0. The van der Waals surface area contributed by atoms with Gasteiger partial charge >= 0.3 is 0 Å². The van der Waals surface area contributed by atoms with E-state index in [0.29, 0.717) is 11.5 Å². The maximum Gasteiger partial charge on any atom is 0.169 e. The summed E-state index contributed by atoms with van der Waals surface area (Å²) in [7, 11) is 0. The van der Waals surface area contributed by atoms with Crippen molar-refractivity contribution in [3.05, 3.63) is 61.1 Å². The molecule has 0 spiro atoms. The Balaban J connectivity index is 2.48. The molecule has 2 aromatic rings. The van der Waals surface area contributed by atoms with Gasteiger partial charge in [-0.25, -0.2) is 0 Å². The van der Waals surface area contributed by atoms with E-state index in [0.717, 1.165) is 10.8 Å². The molecule has 0 heterocycles. The smallest absolute Gasteiger partial charge is 0.169 e. The summed E-state index contributed by atoms with van der Waals surface area (Å²) in [6.07, 6.45) is 6.97. The molecule has 0 N–H and O–H groups in total. The van der Waals surface area contributed by atoms with Crippen LogP contribution in [0.15, 0.2) is 61.1 Å². The van der Waals surface area contributed by atoms with Gasteiger partial charge in [0.25, 0.3) is 0 Å². The van der Waals surface area contributed by atoms with Crippen LogP contribution in [0.4, 0.5) is 0 Å². The lowest BCUT2D eigenvalue weighted by Crippen LogP contribution is -1.89. The van der Waals surface area contributed by atoms with Gasteiger partial charge in [0.05, 0.1) is 12.5 Å². The first kappa shape index (κ1) is 12.2. The summed E-state index contributed by atoms with van der Waals surface area (Å²) in [4.78, 5) is 0. The summed E-state index contributed by atoms with van der Waals surface area (Å²) in [6.45, 7) is 3.82. The number of benzene rings is 2. The van der Waals surface area contributed by atoms with Crippen LogP contribution in [0.2, 0.25) is 0 Å². The molecule has 0 aliphatic rings. The average Bonchev–Trinajstić information content (AvgIpc) is 2.42. The Labute approximate surface area is 107 Å². The number of hydrogen-bond donors (Lipinski definition) is 0. The molecule has 0 atom stereocenters. The van der Waals surface area contributed by atoms with Gasteiger partial charge in [-0.3, -0.25) is 0 Å². The Morgan fingerprint density at radius 3 is 1.61 bits per heavy atom. The molecule has 0 fully saturated rings.